The topological polar surface area (TPSA) is 75.3 Å². The first-order valence-corrected chi connectivity index (χ1v) is 10.6. The number of aliphatic carboxylic acids is 1. The Labute approximate surface area is 160 Å². The predicted octanol–water partition coefficient (Wildman–Crippen LogP) is 4.80. The van der Waals surface area contributed by atoms with Gasteiger partial charge < -0.3 is 16.2 Å². The zero-order valence-electron chi connectivity index (χ0n) is 16.8. The lowest BCUT2D eigenvalue weighted by Crippen LogP contribution is -2.10. The largest absolute Gasteiger partial charge is 0.481 e. The fourth-order valence-corrected chi connectivity index (χ4v) is 3.85. The van der Waals surface area contributed by atoms with Crippen molar-refractivity contribution in [2.45, 2.75) is 83.5 Å². The second-order valence-electron chi connectivity index (χ2n) is 7.65. The van der Waals surface area contributed by atoms with E-state index in [0.717, 1.165) is 31.8 Å². The molecule has 0 fully saturated rings. The molecule has 0 aromatic carbocycles. The molecule has 0 radical (unpaired) electrons. The van der Waals surface area contributed by atoms with Crippen molar-refractivity contribution < 1.29 is 9.90 Å². The highest BCUT2D eigenvalue weighted by molar-refractivity contribution is 5.66. The molecule has 0 saturated carbocycles. The van der Waals surface area contributed by atoms with Crippen molar-refractivity contribution in [3.05, 3.63) is 23.3 Å². The normalized spacial score (nSPS) is 17.5. The van der Waals surface area contributed by atoms with E-state index in [2.05, 4.69) is 17.5 Å². The third-order valence-corrected chi connectivity index (χ3v) is 5.29. The molecule has 1 aliphatic rings. The molecule has 0 aliphatic heterocycles. The number of rotatable bonds is 16. The van der Waals surface area contributed by atoms with Crippen LogP contribution in [-0.2, 0) is 4.79 Å². The highest BCUT2D eigenvalue weighted by Gasteiger charge is 2.14. The summed E-state index contributed by atoms with van der Waals surface area (Å²) in [6.07, 6.45) is 19.5. The van der Waals surface area contributed by atoms with E-state index in [9.17, 15) is 4.79 Å². The van der Waals surface area contributed by atoms with Crippen molar-refractivity contribution in [2.24, 2.45) is 11.7 Å². The van der Waals surface area contributed by atoms with Gasteiger partial charge in [-0.2, -0.15) is 0 Å². The monoisotopic (exact) mass is 364 g/mol. The second-order valence-corrected chi connectivity index (χ2v) is 7.65. The van der Waals surface area contributed by atoms with Crippen LogP contribution < -0.4 is 11.1 Å². The summed E-state index contributed by atoms with van der Waals surface area (Å²) in [6.45, 7) is 1.67. The smallest absolute Gasteiger partial charge is 0.303 e. The third-order valence-electron chi connectivity index (χ3n) is 5.29. The summed E-state index contributed by atoms with van der Waals surface area (Å²) in [5, 5.41) is 11.9. The fraction of sp³-hybridized carbons (Fsp3) is 0.773. The Balaban J connectivity index is 2.01. The molecule has 0 amide bonds. The van der Waals surface area contributed by atoms with Gasteiger partial charge in [0, 0.05) is 13.0 Å². The molecule has 26 heavy (non-hydrogen) atoms. The van der Waals surface area contributed by atoms with Crippen molar-refractivity contribution in [1.29, 1.82) is 0 Å². The number of hydrogen-bond acceptors (Lipinski definition) is 3. The molecule has 4 N–H and O–H groups in total. The molecule has 4 heteroatoms. The maximum atomic E-state index is 10.6. The Kier molecular flexibility index (Phi) is 13.2. The molecular formula is C22H40N2O2. The second kappa shape index (κ2) is 15.0. The minimum atomic E-state index is -0.714. The Morgan fingerprint density at radius 1 is 1.23 bits per heavy atom. The number of nitrogens with one attached hydrogen (secondary N) is 1. The molecule has 1 rings (SSSR count). The van der Waals surface area contributed by atoms with Crippen molar-refractivity contribution >= 4 is 5.97 Å². The zero-order chi connectivity index (χ0) is 19.0. The summed E-state index contributed by atoms with van der Waals surface area (Å²) >= 11 is 0. The summed E-state index contributed by atoms with van der Waals surface area (Å²) < 4.78 is 0. The standard InChI is InChI=1S/C22H40N2O2/c1-24-18-21(11-8-12-22(25)26)10-7-5-3-2-4-6-9-19-13-14-20(17-19)15-16-23/h11,17,19,24H,2-10,12-16,18,23H2,1H3,(H,25,26)/b21-11-/t19-/m0/s1. The van der Waals surface area contributed by atoms with Crippen LogP contribution in [0.25, 0.3) is 0 Å². The summed E-state index contributed by atoms with van der Waals surface area (Å²) in [5.41, 5.74) is 8.58. The first-order valence-electron chi connectivity index (χ1n) is 10.6. The number of allylic oxidation sites excluding steroid dienone is 2. The van der Waals surface area contributed by atoms with E-state index in [4.69, 9.17) is 10.8 Å². The molecule has 4 nitrogen and oxygen atoms in total. The van der Waals surface area contributed by atoms with Gasteiger partial charge in [0.25, 0.3) is 0 Å². The van der Waals surface area contributed by atoms with Crippen LogP contribution in [0, 0.1) is 5.92 Å². The van der Waals surface area contributed by atoms with Crippen LogP contribution in [-0.4, -0.2) is 31.2 Å². The minimum Gasteiger partial charge on any atom is -0.481 e. The lowest BCUT2D eigenvalue weighted by atomic mass is 9.99. The lowest BCUT2D eigenvalue weighted by Gasteiger charge is -2.08. The number of carbonyl (C=O) groups is 1. The van der Waals surface area contributed by atoms with E-state index in [1.165, 1.54) is 63.4 Å². The predicted molar refractivity (Wildman–Crippen MR) is 110 cm³/mol. The van der Waals surface area contributed by atoms with Crippen LogP contribution in [0.4, 0.5) is 0 Å². The van der Waals surface area contributed by atoms with Crippen LogP contribution in [0.1, 0.15) is 83.5 Å². The summed E-state index contributed by atoms with van der Waals surface area (Å²) in [7, 11) is 1.95. The van der Waals surface area contributed by atoms with Gasteiger partial charge in [-0.15, -0.1) is 0 Å². The van der Waals surface area contributed by atoms with E-state index in [0.29, 0.717) is 6.42 Å². The Bertz CT molecular complexity index is 443. The molecule has 150 valence electrons. The number of carboxylic acid groups (broad SMARTS) is 1. The van der Waals surface area contributed by atoms with Gasteiger partial charge >= 0.3 is 5.97 Å². The quantitative estimate of drug-likeness (QED) is 0.271. The van der Waals surface area contributed by atoms with Crippen LogP contribution in [0.5, 0.6) is 0 Å². The average Bonchev–Trinajstić information content (AvgIpc) is 3.04. The van der Waals surface area contributed by atoms with Crippen molar-refractivity contribution in [3.63, 3.8) is 0 Å². The highest BCUT2D eigenvalue weighted by Crippen LogP contribution is 2.29. The van der Waals surface area contributed by atoms with Crippen LogP contribution in [0.3, 0.4) is 0 Å². The molecule has 0 unspecified atom stereocenters. The Morgan fingerprint density at radius 3 is 2.65 bits per heavy atom. The average molecular weight is 365 g/mol. The molecule has 0 saturated heterocycles. The number of likely N-dealkylation sites (N-methyl/N-ethyl adjacent to an activating group) is 1. The van der Waals surface area contributed by atoms with E-state index < -0.39 is 5.97 Å². The molecular weight excluding hydrogens is 324 g/mol. The van der Waals surface area contributed by atoms with Gasteiger partial charge in [-0.05, 0) is 64.5 Å². The maximum absolute atomic E-state index is 10.6. The maximum Gasteiger partial charge on any atom is 0.303 e. The third kappa shape index (κ3) is 11.5. The van der Waals surface area contributed by atoms with Gasteiger partial charge in [0.1, 0.15) is 0 Å². The first kappa shape index (κ1) is 22.9. The molecule has 1 atom stereocenters. The van der Waals surface area contributed by atoms with E-state index in [-0.39, 0.29) is 6.42 Å². The summed E-state index contributed by atoms with van der Waals surface area (Å²) in [6, 6.07) is 0. The van der Waals surface area contributed by atoms with Gasteiger partial charge in [-0.3, -0.25) is 4.79 Å². The zero-order valence-corrected chi connectivity index (χ0v) is 16.8. The van der Waals surface area contributed by atoms with Gasteiger partial charge in [0.15, 0.2) is 0 Å². The Morgan fingerprint density at radius 2 is 1.96 bits per heavy atom. The number of nitrogens with two attached hydrogens (primary N) is 1. The minimum absolute atomic E-state index is 0.233. The molecule has 1 aliphatic carbocycles. The molecule has 0 aromatic heterocycles. The SMILES string of the molecule is CNC/C(=C\CCC(=O)O)CCCCCCCC[C@@H]1C=C(CCN)CC1. The van der Waals surface area contributed by atoms with Gasteiger partial charge in [0.2, 0.25) is 0 Å². The lowest BCUT2D eigenvalue weighted by molar-refractivity contribution is -0.136. The summed E-state index contributed by atoms with van der Waals surface area (Å²) in [4.78, 5) is 10.6. The van der Waals surface area contributed by atoms with E-state index in [1.807, 2.05) is 7.05 Å². The van der Waals surface area contributed by atoms with Gasteiger partial charge in [0.05, 0.1) is 0 Å². The fourth-order valence-electron chi connectivity index (χ4n) is 3.85. The van der Waals surface area contributed by atoms with Crippen molar-refractivity contribution in [2.75, 3.05) is 20.1 Å². The Hall–Kier alpha value is -1.13. The number of unbranched alkanes of at least 4 members (excludes halogenated alkanes) is 5. The molecule has 0 aromatic rings. The van der Waals surface area contributed by atoms with Crippen LogP contribution in [0.2, 0.25) is 0 Å². The van der Waals surface area contributed by atoms with Crippen molar-refractivity contribution in [3.8, 4) is 0 Å². The van der Waals surface area contributed by atoms with E-state index in [1.54, 1.807) is 5.57 Å². The van der Waals surface area contributed by atoms with Crippen LogP contribution in [0.15, 0.2) is 23.3 Å². The summed E-state index contributed by atoms with van der Waals surface area (Å²) in [5.74, 6) is 0.102. The van der Waals surface area contributed by atoms with Gasteiger partial charge in [-0.1, -0.05) is 55.4 Å². The van der Waals surface area contributed by atoms with Gasteiger partial charge in [-0.25, -0.2) is 0 Å². The van der Waals surface area contributed by atoms with Crippen molar-refractivity contribution in [1.82, 2.24) is 5.32 Å². The highest BCUT2D eigenvalue weighted by atomic mass is 16.4. The van der Waals surface area contributed by atoms with E-state index >= 15 is 0 Å². The number of hydrogen-bond donors (Lipinski definition) is 3. The molecule has 0 spiro atoms. The number of carboxylic acids is 1. The molecule has 0 bridgehead atoms. The molecule has 0 heterocycles. The first-order chi connectivity index (χ1) is 12.7. The van der Waals surface area contributed by atoms with Crippen LogP contribution >= 0.6 is 0 Å².